The third-order valence-corrected chi connectivity index (χ3v) is 6.85. The van der Waals surface area contributed by atoms with E-state index in [9.17, 15) is 14.4 Å². The molecule has 10 heteroatoms. The summed E-state index contributed by atoms with van der Waals surface area (Å²) < 4.78 is 7.45. The molecule has 1 aromatic carbocycles. The number of pyridine rings is 1. The number of hydrogen-bond donors (Lipinski definition) is 1. The molecule has 3 amide bonds. The minimum atomic E-state index is -0.382. The van der Waals surface area contributed by atoms with Gasteiger partial charge in [-0.1, -0.05) is 6.07 Å². The van der Waals surface area contributed by atoms with E-state index in [-0.39, 0.29) is 42.0 Å². The van der Waals surface area contributed by atoms with Crippen LogP contribution in [0.1, 0.15) is 62.2 Å². The molecule has 0 saturated carbocycles. The summed E-state index contributed by atoms with van der Waals surface area (Å²) in [5.74, 6) is 0.414. The van der Waals surface area contributed by atoms with Crippen molar-refractivity contribution in [3.8, 4) is 0 Å². The molecule has 1 N–H and O–H groups in total. The van der Waals surface area contributed by atoms with Crippen LogP contribution in [0, 0.1) is 0 Å². The molecule has 4 heterocycles. The van der Waals surface area contributed by atoms with Gasteiger partial charge in [0.05, 0.1) is 29.8 Å². The summed E-state index contributed by atoms with van der Waals surface area (Å²) in [5, 5.41) is 11.6. The zero-order valence-corrected chi connectivity index (χ0v) is 19.6. The van der Waals surface area contributed by atoms with E-state index in [1.165, 1.54) is 11.0 Å². The van der Waals surface area contributed by atoms with Crippen molar-refractivity contribution in [1.82, 2.24) is 24.8 Å². The minimum absolute atomic E-state index is 0.125. The smallest absolute Gasteiger partial charge is 0.261 e. The molecule has 5 rings (SSSR count). The Bertz CT molecular complexity index is 1250. The van der Waals surface area contributed by atoms with Gasteiger partial charge in [0.25, 0.3) is 17.7 Å². The van der Waals surface area contributed by atoms with Crippen LogP contribution in [-0.4, -0.2) is 68.5 Å². The molecule has 1 fully saturated rings. The fourth-order valence-electron chi connectivity index (χ4n) is 4.43. The molecule has 9 nitrogen and oxygen atoms in total. The standard InChI is InChI=1S/C24H25N5O4S/c1-34-12-9-19(21-27-26-20-6-2-3-10-28(20)21)25-22(30)15-7-8-17-18(13-15)24(32)29(23(17)31)14-16-5-4-11-33-16/h2-3,6-8,10,13,16,19H,4-5,9,11-12,14H2,1H3,(H,25,30). The lowest BCUT2D eigenvalue weighted by Gasteiger charge is -2.18. The van der Waals surface area contributed by atoms with Crippen molar-refractivity contribution >= 4 is 35.1 Å². The van der Waals surface area contributed by atoms with Crippen LogP contribution in [0.3, 0.4) is 0 Å². The van der Waals surface area contributed by atoms with Crippen LogP contribution in [0.15, 0.2) is 42.6 Å². The number of nitrogens with zero attached hydrogens (tertiary/aromatic N) is 4. The zero-order valence-electron chi connectivity index (χ0n) is 18.8. The summed E-state index contributed by atoms with van der Waals surface area (Å²) in [6.07, 6.45) is 6.17. The molecule has 2 aliphatic heterocycles. The van der Waals surface area contributed by atoms with E-state index in [1.54, 1.807) is 23.9 Å². The van der Waals surface area contributed by atoms with Gasteiger partial charge in [0, 0.05) is 18.4 Å². The first-order valence-electron chi connectivity index (χ1n) is 11.3. The molecular formula is C24H25N5O4S. The van der Waals surface area contributed by atoms with Crippen molar-refractivity contribution in [1.29, 1.82) is 0 Å². The van der Waals surface area contributed by atoms with Gasteiger partial charge in [-0.25, -0.2) is 0 Å². The van der Waals surface area contributed by atoms with Crippen LogP contribution in [0.25, 0.3) is 5.65 Å². The topological polar surface area (TPSA) is 106 Å². The van der Waals surface area contributed by atoms with Gasteiger partial charge in [-0.2, -0.15) is 11.8 Å². The maximum atomic E-state index is 13.2. The summed E-state index contributed by atoms with van der Waals surface area (Å²) in [6, 6.07) is 9.92. The van der Waals surface area contributed by atoms with E-state index >= 15 is 0 Å². The molecule has 2 unspecified atom stereocenters. The Hall–Kier alpha value is -3.24. The van der Waals surface area contributed by atoms with Gasteiger partial charge in [0.1, 0.15) is 0 Å². The van der Waals surface area contributed by atoms with E-state index in [0.717, 1.165) is 18.6 Å². The van der Waals surface area contributed by atoms with E-state index in [2.05, 4.69) is 15.5 Å². The van der Waals surface area contributed by atoms with Crippen molar-refractivity contribution in [3.05, 3.63) is 65.1 Å². The Balaban J connectivity index is 1.37. The normalized spacial score (nSPS) is 18.5. The summed E-state index contributed by atoms with van der Waals surface area (Å²) in [5.41, 5.74) is 1.60. The third kappa shape index (κ3) is 4.19. The predicted octanol–water partition coefficient (Wildman–Crippen LogP) is 2.73. The molecule has 0 bridgehead atoms. The van der Waals surface area contributed by atoms with Crippen molar-refractivity contribution in [2.24, 2.45) is 0 Å². The Labute approximate surface area is 200 Å². The molecule has 3 aromatic rings. The molecule has 2 atom stereocenters. The fourth-order valence-corrected chi connectivity index (χ4v) is 4.90. The van der Waals surface area contributed by atoms with Gasteiger partial charge < -0.3 is 10.1 Å². The van der Waals surface area contributed by atoms with Crippen LogP contribution in [0.5, 0.6) is 0 Å². The largest absolute Gasteiger partial charge is 0.376 e. The maximum Gasteiger partial charge on any atom is 0.261 e. The summed E-state index contributed by atoms with van der Waals surface area (Å²) in [4.78, 5) is 40.2. The number of fused-ring (bicyclic) bond motifs is 2. The Morgan fingerprint density at radius 1 is 1.21 bits per heavy atom. The Morgan fingerprint density at radius 2 is 2.06 bits per heavy atom. The lowest BCUT2D eigenvalue weighted by Crippen LogP contribution is -2.36. The quantitative estimate of drug-likeness (QED) is 0.495. The Morgan fingerprint density at radius 3 is 2.85 bits per heavy atom. The van der Waals surface area contributed by atoms with Crippen molar-refractivity contribution in [2.75, 3.05) is 25.2 Å². The highest BCUT2D eigenvalue weighted by atomic mass is 32.2. The van der Waals surface area contributed by atoms with E-state index in [4.69, 9.17) is 4.74 Å². The van der Waals surface area contributed by atoms with Crippen LogP contribution < -0.4 is 5.32 Å². The van der Waals surface area contributed by atoms with Crippen LogP contribution >= 0.6 is 11.8 Å². The van der Waals surface area contributed by atoms with Crippen LogP contribution in [0.4, 0.5) is 0 Å². The second-order valence-corrected chi connectivity index (χ2v) is 9.40. The van der Waals surface area contributed by atoms with Crippen molar-refractivity contribution < 1.29 is 19.1 Å². The minimum Gasteiger partial charge on any atom is -0.376 e. The lowest BCUT2D eigenvalue weighted by atomic mass is 10.0. The van der Waals surface area contributed by atoms with Crippen LogP contribution in [-0.2, 0) is 4.74 Å². The number of aromatic nitrogens is 3. The Kier molecular flexibility index (Phi) is 6.34. The lowest BCUT2D eigenvalue weighted by molar-refractivity contribution is 0.0475. The summed E-state index contributed by atoms with van der Waals surface area (Å²) in [6.45, 7) is 0.891. The first-order chi connectivity index (χ1) is 16.6. The van der Waals surface area contributed by atoms with Crippen LogP contribution in [0.2, 0.25) is 0 Å². The summed E-state index contributed by atoms with van der Waals surface area (Å²) in [7, 11) is 0. The fraction of sp³-hybridized carbons (Fsp3) is 0.375. The number of carbonyl (C=O) groups is 3. The second-order valence-electron chi connectivity index (χ2n) is 8.41. The molecule has 2 aromatic heterocycles. The molecule has 34 heavy (non-hydrogen) atoms. The molecule has 1 saturated heterocycles. The second kappa shape index (κ2) is 9.55. The monoisotopic (exact) mass is 479 g/mol. The number of ether oxygens (including phenoxy) is 1. The van der Waals surface area contributed by atoms with Gasteiger partial charge in [0.15, 0.2) is 11.5 Å². The molecular weight excluding hydrogens is 454 g/mol. The highest BCUT2D eigenvalue weighted by Crippen LogP contribution is 2.27. The maximum absolute atomic E-state index is 13.2. The number of amides is 3. The first kappa shape index (κ1) is 22.5. The number of imide groups is 1. The number of nitrogens with one attached hydrogen (secondary N) is 1. The highest BCUT2D eigenvalue weighted by Gasteiger charge is 2.38. The number of thioether (sulfide) groups is 1. The predicted molar refractivity (Wildman–Crippen MR) is 127 cm³/mol. The molecule has 0 radical (unpaired) electrons. The number of carbonyl (C=O) groups excluding carboxylic acids is 3. The molecule has 0 aliphatic carbocycles. The van der Waals surface area contributed by atoms with Gasteiger partial charge >= 0.3 is 0 Å². The number of benzene rings is 1. The van der Waals surface area contributed by atoms with E-state index in [1.807, 2.05) is 35.1 Å². The average molecular weight is 480 g/mol. The van der Waals surface area contributed by atoms with Gasteiger partial charge in [-0.15, -0.1) is 10.2 Å². The first-order valence-corrected chi connectivity index (χ1v) is 12.7. The molecule has 176 valence electrons. The molecule has 2 aliphatic rings. The number of hydrogen-bond acceptors (Lipinski definition) is 7. The highest BCUT2D eigenvalue weighted by molar-refractivity contribution is 7.98. The van der Waals surface area contributed by atoms with E-state index < -0.39 is 0 Å². The summed E-state index contributed by atoms with van der Waals surface area (Å²) >= 11 is 1.68. The van der Waals surface area contributed by atoms with Gasteiger partial charge in [-0.05, 0) is 61.6 Å². The van der Waals surface area contributed by atoms with Crippen molar-refractivity contribution in [3.63, 3.8) is 0 Å². The van der Waals surface area contributed by atoms with Gasteiger partial charge in [0.2, 0.25) is 0 Å². The average Bonchev–Trinajstić information content (AvgIpc) is 3.58. The third-order valence-electron chi connectivity index (χ3n) is 6.21. The molecule has 0 spiro atoms. The zero-order chi connectivity index (χ0) is 23.7. The SMILES string of the molecule is CSCCC(NC(=O)c1ccc2c(c1)C(=O)N(CC1CCCO1)C2=O)c1nnc2ccccn12. The van der Waals surface area contributed by atoms with Crippen molar-refractivity contribution in [2.45, 2.75) is 31.4 Å². The number of rotatable bonds is 8. The van der Waals surface area contributed by atoms with Gasteiger partial charge in [-0.3, -0.25) is 23.7 Å². The van der Waals surface area contributed by atoms with E-state index in [0.29, 0.717) is 35.6 Å².